The molecular formula is C15H20N2O3S. The van der Waals surface area contributed by atoms with Gasteiger partial charge in [-0.3, -0.25) is 4.90 Å². The monoisotopic (exact) mass is 308 g/mol. The highest BCUT2D eigenvalue weighted by molar-refractivity contribution is 7.91. The van der Waals surface area contributed by atoms with Crippen molar-refractivity contribution in [3.05, 3.63) is 29.8 Å². The largest absolute Gasteiger partial charge is 0.387 e. The van der Waals surface area contributed by atoms with Crippen molar-refractivity contribution in [2.75, 3.05) is 25.4 Å². The van der Waals surface area contributed by atoms with E-state index in [0.29, 0.717) is 25.2 Å². The Hall–Kier alpha value is -1.42. The van der Waals surface area contributed by atoms with Crippen LogP contribution in [0.4, 0.5) is 0 Å². The highest BCUT2D eigenvalue weighted by Gasteiger charge is 2.40. The lowest BCUT2D eigenvalue weighted by molar-refractivity contribution is -0.100. The molecular weight excluding hydrogens is 288 g/mol. The third-order valence-electron chi connectivity index (χ3n) is 3.75. The van der Waals surface area contributed by atoms with Gasteiger partial charge in [0.1, 0.15) is 0 Å². The Morgan fingerprint density at radius 3 is 2.76 bits per heavy atom. The van der Waals surface area contributed by atoms with Crippen LogP contribution in [-0.2, 0) is 9.84 Å². The molecule has 0 amide bonds. The van der Waals surface area contributed by atoms with Gasteiger partial charge in [-0.05, 0) is 24.6 Å². The van der Waals surface area contributed by atoms with E-state index in [1.54, 1.807) is 12.1 Å². The van der Waals surface area contributed by atoms with Gasteiger partial charge >= 0.3 is 0 Å². The lowest BCUT2D eigenvalue weighted by atomic mass is 9.89. The summed E-state index contributed by atoms with van der Waals surface area (Å²) in [4.78, 5) is 2.13. The number of benzene rings is 1. The Kier molecular flexibility index (Phi) is 4.67. The van der Waals surface area contributed by atoms with Crippen LogP contribution in [0.1, 0.15) is 25.3 Å². The number of nitriles is 1. The fourth-order valence-electron chi connectivity index (χ4n) is 2.69. The molecule has 21 heavy (non-hydrogen) atoms. The summed E-state index contributed by atoms with van der Waals surface area (Å²) in [6.45, 7) is 3.50. The Morgan fingerprint density at radius 2 is 2.14 bits per heavy atom. The second-order valence-corrected chi connectivity index (χ2v) is 7.75. The minimum Gasteiger partial charge on any atom is -0.387 e. The molecule has 0 spiro atoms. The first kappa shape index (κ1) is 16.0. The molecule has 1 fully saturated rings. The molecule has 5 nitrogen and oxygen atoms in total. The van der Waals surface area contributed by atoms with Crippen LogP contribution in [0.3, 0.4) is 0 Å². The van der Waals surface area contributed by atoms with Gasteiger partial charge in [-0.1, -0.05) is 19.4 Å². The highest BCUT2D eigenvalue weighted by Crippen LogP contribution is 2.25. The smallest absolute Gasteiger partial charge is 0.179 e. The molecule has 1 aromatic carbocycles. The summed E-state index contributed by atoms with van der Waals surface area (Å²) in [6.07, 6.45) is 1.67. The van der Waals surface area contributed by atoms with E-state index in [-0.39, 0.29) is 10.6 Å². The van der Waals surface area contributed by atoms with E-state index in [9.17, 15) is 13.5 Å². The fourth-order valence-corrected chi connectivity index (χ4v) is 4.02. The molecule has 1 aromatic rings. The molecule has 2 rings (SSSR count). The molecule has 0 unspecified atom stereocenters. The zero-order chi connectivity index (χ0) is 15.5. The Bertz CT molecular complexity index is 643. The lowest BCUT2D eigenvalue weighted by Crippen LogP contribution is -2.62. The first-order valence-corrected chi connectivity index (χ1v) is 8.71. The van der Waals surface area contributed by atoms with Gasteiger partial charge in [0.2, 0.25) is 0 Å². The van der Waals surface area contributed by atoms with Crippen LogP contribution >= 0.6 is 0 Å². The maximum Gasteiger partial charge on any atom is 0.179 e. The van der Waals surface area contributed by atoms with Crippen molar-refractivity contribution in [2.45, 2.75) is 30.3 Å². The minimum atomic E-state index is -3.39. The third kappa shape index (κ3) is 3.82. The standard InChI is InChI=1S/C15H20N2O3S/c1-2-6-15(18)11-17(12-15)7-8-21(19,20)14-5-3-4-13(9-14)10-16/h3-5,9,18H,2,6-8,11-12H2,1H3. The number of β-amino-alcohol motifs (C(OH)–C–C–N with tert-alkyl or cyclic N) is 1. The zero-order valence-corrected chi connectivity index (χ0v) is 12.9. The van der Waals surface area contributed by atoms with Gasteiger partial charge in [0.05, 0.1) is 27.9 Å². The van der Waals surface area contributed by atoms with Crippen LogP contribution in [0.25, 0.3) is 0 Å². The number of hydrogen-bond acceptors (Lipinski definition) is 5. The predicted molar refractivity (Wildman–Crippen MR) is 79.5 cm³/mol. The number of likely N-dealkylation sites (tertiary alicyclic amines) is 1. The van der Waals surface area contributed by atoms with Crippen LogP contribution < -0.4 is 0 Å². The molecule has 0 saturated carbocycles. The summed E-state index contributed by atoms with van der Waals surface area (Å²) in [6, 6.07) is 8.02. The van der Waals surface area contributed by atoms with Crippen molar-refractivity contribution < 1.29 is 13.5 Å². The number of rotatable bonds is 6. The molecule has 0 radical (unpaired) electrons. The number of sulfone groups is 1. The topological polar surface area (TPSA) is 81.4 Å². The summed E-state index contributed by atoms with van der Waals surface area (Å²) in [5.41, 5.74) is -0.295. The van der Waals surface area contributed by atoms with E-state index in [2.05, 4.69) is 0 Å². The van der Waals surface area contributed by atoms with Crippen molar-refractivity contribution in [1.82, 2.24) is 4.90 Å². The Labute approximate surface area is 125 Å². The van der Waals surface area contributed by atoms with E-state index < -0.39 is 15.4 Å². The van der Waals surface area contributed by atoms with E-state index in [0.717, 1.165) is 12.8 Å². The van der Waals surface area contributed by atoms with Crippen molar-refractivity contribution >= 4 is 9.84 Å². The lowest BCUT2D eigenvalue weighted by Gasteiger charge is -2.46. The van der Waals surface area contributed by atoms with E-state index in [1.165, 1.54) is 12.1 Å². The first-order chi connectivity index (χ1) is 9.88. The third-order valence-corrected chi connectivity index (χ3v) is 5.44. The van der Waals surface area contributed by atoms with E-state index in [4.69, 9.17) is 5.26 Å². The average Bonchev–Trinajstić information content (AvgIpc) is 2.43. The summed E-state index contributed by atoms with van der Waals surface area (Å²) in [7, 11) is -3.39. The summed E-state index contributed by atoms with van der Waals surface area (Å²) in [5.74, 6) is 0.00405. The summed E-state index contributed by atoms with van der Waals surface area (Å²) in [5, 5.41) is 18.9. The van der Waals surface area contributed by atoms with Gasteiger partial charge in [0.25, 0.3) is 0 Å². The van der Waals surface area contributed by atoms with Crippen LogP contribution in [0, 0.1) is 11.3 Å². The van der Waals surface area contributed by atoms with Gasteiger partial charge in [-0.25, -0.2) is 8.42 Å². The molecule has 1 aliphatic rings. The highest BCUT2D eigenvalue weighted by atomic mass is 32.2. The maximum absolute atomic E-state index is 12.2. The van der Waals surface area contributed by atoms with Crippen molar-refractivity contribution in [3.63, 3.8) is 0 Å². The summed E-state index contributed by atoms with van der Waals surface area (Å²) >= 11 is 0. The van der Waals surface area contributed by atoms with E-state index in [1.807, 2.05) is 17.9 Å². The molecule has 0 aromatic heterocycles. The van der Waals surface area contributed by atoms with Crippen molar-refractivity contribution in [1.29, 1.82) is 5.26 Å². The molecule has 1 heterocycles. The molecule has 114 valence electrons. The second kappa shape index (κ2) is 6.14. The SMILES string of the molecule is CCCC1(O)CN(CCS(=O)(=O)c2cccc(C#N)c2)C1. The van der Waals surface area contributed by atoms with Crippen LogP contribution in [0.5, 0.6) is 0 Å². The Balaban J connectivity index is 1.93. The molecule has 1 saturated heterocycles. The molecule has 0 atom stereocenters. The quantitative estimate of drug-likeness (QED) is 0.853. The zero-order valence-electron chi connectivity index (χ0n) is 12.1. The van der Waals surface area contributed by atoms with Gasteiger partial charge in [-0.2, -0.15) is 5.26 Å². The van der Waals surface area contributed by atoms with Gasteiger partial charge in [0, 0.05) is 19.6 Å². The Morgan fingerprint density at radius 1 is 1.43 bits per heavy atom. The van der Waals surface area contributed by atoms with Crippen LogP contribution in [-0.4, -0.2) is 49.4 Å². The number of nitrogens with zero attached hydrogens (tertiary/aromatic N) is 2. The summed E-state index contributed by atoms with van der Waals surface area (Å²) < 4.78 is 24.5. The predicted octanol–water partition coefficient (Wildman–Crippen LogP) is 1.18. The van der Waals surface area contributed by atoms with Gasteiger partial charge < -0.3 is 5.11 Å². The van der Waals surface area contributed by atoms with Crippen LogP contribution in [0.2, 0.25) is 0 Å². The maximum atomic E-state index is 12.2. The molecule has 0 bridgehead atoms. The molecule has 1 aliphatic heterocycles. The van der Waals surface area contributed by atoms with E-state index >= 15 is 0 Å². The van der Waals surface area contributed by atoms with Gasteiger partial charge in [0.15, 0.2) is 9.84 Å². The molecule has 1 N–H and O–H groups in total. The molecule has 0 aliphatic carbocycles. The normalized spacial score (nSPS) is 18.0. The van der Waals surface area contributed by atoms with Gasteiger partial charge in [-0.15, -0.1) is 0 Å². The second-order valence-electron chi connectivity index (χ2n) is 5.64. The number of hydrogen-bond donors (Lipinski definition) is 1. The van der Waals surface area contributed by atoms with Crippen molar-refractivity contribution in [3.8, 4) is 6.07 Å². The first-order valence-electron chi connectivity index (χ1n) is 7.06. The number of aliphatic hydroxyl groups is 1. The van der Waals surface area contributed by atoms with Crippen LogP contribution in [0.15, 0.2) is 29.2 Å². The fraction of sp³-hybridized carbons (Fsp3) is 0.533. The minimum absolute atomic E-state index is 0.00405. The molecule has 6 heteroatoms. The van der Waals surface area contributed by atoms with Crippen molar-refractivity contribution in [2.24, 2.45) is 0 Å². The average molecular weight is 308 g/mol.